The molecule has 1 aromatic carbocycles. The third-order valence-electron chi connectivity index (χ3n) is 3.76. The minimum atomic E-state index is -4.79. The van der Waals surface area contributed by atoms with Gasteiger partial charge in [0.1, 0.15) is 18.0 Å². The molecule has 0 spiro atoms. The third-order valence-corrected chi connectivity index (χ3v) is 3.76. The lowest BCUT2D eigenvalue weighted by Gasteiger charge is -2.11. The van der Waals surface area contributed by atoms with E-state index < -0.39 is 23.6 Å². The summed E-state index contributed by atoms with van der Waals surface area (Å²) in [6.07, 6.45) is 0.632. The maximum absolute atomic E-state index is 13.5. The number of benzene rings is 1. The van der Waals surface area contributed by atoms with Crippen LogP contribution in [0.4, 0.5) is 28.0 Å². The molecule has 0 saturated carbocycles. The highest BCUT2D eigenvalue weighted by Gasteiger charge is 2.33. The SMILES string of the molecule is O=C(NCCc1cccc(-n2ccnc2)n1)Nc1ccc(C(F)(F)F)c(F)c1. The molecule has 0 radical (unpaired) electrons. The van der Waals surface area contributed by atoms with Gasteiger partial charge in [-0.25, -0.2) is 19.2 Å². The van der Waals surface area contributed by atoms with Crippen LogP contribution in [0.3, 0.4) is 0 Å². The molecule has 2 N–H and O–H groups in total. The molecule has 2 amide bonds. The molecule has 2 heterocycles. The molecule has 3 aromatic rings. The average molecular weight is 393 g/mol. The summed E-state index contributed by atoms with van der Waals surface area (Å²) in [6.45, 7) is 0.231. The van der Waals surface area contributed by atoms with Gasteiger partial charge in [0.15, 0.2) is 0 Å². The summed E-state index contributed by atoms with van der Waals surface area (Å²) in [4.78, 5) is 20.2. The molecule has 0 aliphatic carbocycles. The molecule has 0 bridgehead atoms. The number of aromatic nitrogens is 3. The molecular weight excluding hydrogens is 378 g/mol. The summed E-state index contributed by atoms with van der Waals surface area (Å²) in [5.74, 6) is -0.773. The van der Waals surface area contributed by atoms with Crippen molar-refractivity contribution in [3.05, 3.63) is 72.2 Å². The summed E-state index contributed by atoms with van der Waals surface area (Å²) in [5.41, 5.74) is -0.738. The van der Waals surface area contributed by atoms with Crippen LogP contribution in [0.15, 0.2) is 55.1 Å². The van der Waals surface area contributed by atoms with Crippen molar-refractivity contribution in [3.63, 3.8) is 0 Å². The number of nitrogens with zero attached hydrogens (tertiary/aromatic N) is 3. The number of amides is 2. The first-order valence-electron chi connectivity index (χ1n) is 8.19. The van der Waals surface area contributed by atoms with Crippen LogP contribution in [-0.2, 0) is 12.6 Å². The summed E-state index contributed by atoms with van der Waals surface area (Å²) in [6, 6.07) is 6.96. The van der Waals surface area contributed by atoms with E-state index in [4.69, 9.17) is 0 Å². The van der Waals surface area contributed by atoms with Crippen molar-refractivity contribution in [2.24, 2.45) is 0 Å². The van der Waals surface area contributed by atoms with Gasteiger partial charge in [0.25, 0.3) is 0 Å². The molecule has 0 aliphatic rings. The molecule has 6 nitrogen and oxygen atoms in total. The monoisotopic (exact) mass is 393 g/mol. The fourth-order valence-electron chi connectivity index (χ4n) is 2.45. The summed E-state index contributed by atoms with van der Waals surface area (Å²) < 4.78 is 52.9. The Morgan fingerprint density at radius 3 is 2.68 bits per heavy atom. The van der Waals surface area contributed by atoms with E-state index in [1.54, 1.807) is 29.4 Å². The van der Waals surface area contributed by atoms with Crippen LogP contribution in [0.25, 0.3) is 5.82 Å². The number of alkyl halides is 3. The molecule has 3 rings (SSSR count). The first-order valence-corrected chi connectivity index (χ1v) is 8.19. The van der Waals surface area contributed by atoms with E-state index in [1.807, 2.05) is 12.1 Å². The second-order valence-electron chi connectivity index (χ2n) is 5.78. The van der Waals surface area contributed by atoms with Crippen molar-refractivity contribution in [2.75, 3.05) is 11.9 Å². The van der Waals surface area contributed by atoms with Gasteiger partial charge in [-0.15, -0.1) is 0 Å². The largest absolute Gasteiger partial charge is 0.419 e. The lowest BCUT2D eigenvalue weighted by atomic mass is 10.2. The first kappa shape index (κ1) is 19.3. The van der Waals surface area contributed by atoms with Gasteiger partial charge in [-0.2, -0.15) is 13.2 Å². The number of anilines is 1. The smallest absolute Gasteiger partial charge is 0.337 e. The zero-order valence-electron chi connectivity index (χ0n) is 14.4. The van der Waals surface area contributed by atoms with Crippen LogP contribution in [0.1, 0.15) is 11.3 Å². The second-order valence-corrected chi connectivity index (χ2v) is 5.78. The van der Waals surface area contributed by atoms with Crippen LogP contribution < -0.4 is 10.6 Å². The first-order chi connectivity index (χ1) is 13.3. The third kappa shape index (κ3) is 4.84. The lowest BCUT2D eigenvalue weighted by Crippen LogP contribution is -2.30. The van der Waals surface area contributed by atoms with E-state index in [-0.39, 0.29) is 12.2 Å². The molecular formula is C18H15F4N5O. The fraction of sp³-hybridized carbons (Fsp3) is 0.167. The predicted octanol–water partition coefficient (Wildman–Crippen LogP) is 3.79. The van der Waals surface area contributed by atoms with Gasteiger partial charge in [-0.3, -0.25) is 4.57 Å². The van der Waals surface area contributed by atoms with Gasteiger partial charge in [-0.05, 0) is 30.3 Å². The topological polar surface area (TPSA) is 71.8 Å². The van der Waals surface area contributed by atoms with Crippen LogP contribution >= 0.6 is 0 Å². The summed E-state index contributed by atoms with van der Waals surface area (Å²) in [5, 5.41) is 4.84. The minimum absolute atomic E-state index is 0.0803. The number of rotatable bonds is 5. The Balaban J connectivity index is 1.53. The van der Waals surface area contributed by atoms with Gasteiger partial charge in [-0.1, -0.05) is 6.07 Å². The fourth-order valence-corrected chi connectivity index (χ4v) is 2.45. The number of hydrogen-bond acceptors (Lipinski definition) is 3. The second kappa shape index (κ2) is 8.07. The molecule has 146 valence electrons. The summed E-state index contributed by atoms with van der Waals surface area (Å²) >= 11 is 0. The molecule has 0 atom stereocenters. The highest BCUT2D eigenvalue weighted by Crippen LogP contribution is 2.32. The molecule has 0 saturated heterocycles. The van der Waals surface area contributed by atoms with Crippen LogP contribution in [0.5, 0.6) is 0 Å². The van der Waals surface area contributed by atoms with Crippen molar-refractivity contribution in [2.45, 2.75) is 12.6 Å². The number of halogens is 4. The Labute approximate surface area is 157 Å². The van der Waals surface area contributed by atoms with Crippen molar-refractivity contribution in [1.29, 1.82) is 0 Å². The van der Waals surface area contributed by atoms with E-state index in [9.17, 15) is 22.4 Å². The van der Waals surface area contributed by atoms with E-state index >= 15 is 0 Å². The van der Waals surface area contributed by atoms with Crippen LogP contribution in [0, 0.1) is 5.82 Å². The van der Waals surface area contributed by atoms with Gasteiger partial charge in [0.2, 0.25) is 0 Å². The standard InChI is InChI=1S/C18H15F4N5O/c19-15-10-13(4-5-14(15)18(20,21)22)26-17(28)24-7-6-12-2-1-3-16(25-12)27-9-8-23-11-27/h1-5,8-11H,6-7H2,(H2,24,26,28). The highest BCUT2D eigenvalue weighted by atomic mass is 19.4. The number of pyridine rings is 1. The van der Waals surface area contributed by atoms with Crippen molar-refractivity contribution in [3.8, 4) is 5.82 Å². The number of hydrogen-bond donors (Lipinski definition) is 2. The predicted molar refractivity (Wildman–Crippen MR) is 93.5 cm³/mol. The Bertz CT molecular complexity index is 957. The minimum Gasteiger partial charge on any atom is -0.337 e. The highest BCUT2D eigenvalue weighted by molar-refractivity contribution is 5.89. The maximum atomic E-state index is 13.5. The lowest BCUT2D eigenvalue weighted by molar-refractivity contribution is -0.139. The molecule has 2 aromatic heterocycles. The maximum Gasteiger partial charge on any atom is 0.419 e. The van der Waals surface area contributed by atoms with Crippen molar-refractivity contribution >= 4 is 11.7 Å². The molecule has 0 aliphatic heterocycles. The Morgan fingerprint density at radius 2 is 2.00 bits per heavy atom. The number of nitrogens with one attached hydrogen (secondary N) is 2. The Hall–Kier alpha value is -3.43. The van der Waals surface area contributed by atoms with Gasteiger partial charge < -0.3 is 10.6 Å². The average Bonchev–Trinajstić information content (AvgIpc) is 3.15. The Kier molecular flexibility index (Phi) is 5.57. The zero-order valence-corrected chi connectivity index (χ0v) is 14.4. The number of imidazole rings is 1. The zero-order chi connectivity index (χ0) is 20.1. The molecule has 10 heteroatoms. The van der Waals surface area contributed by atoms with Gasteiger partial charge in [0.05, 0.1) is 5.56 Å². The quantitative estimate of drug-likeness (QED) is 0.648. The van der Waals surface area contributed by atoms with Crippen molar-refractivity contribution < 1.29 is 22.4 Å². The van der Waals surface area contributed by atoms with Gasteiger partial charge in [0, 0.05) is 36.7 Å². The molecule has 28 heavy (non-hydrogen) atoms. The number of urea groups is 1. The van der Waals surface area contributed by atoms with Crippen molar-refractivity contribution in [1.82, 2.24) is 19.9 Å². The summed E-state index contributed by atoms with van der Waals surface area (Å²) in [7, 11) is 0. The van der Waals surface area contributed by atoms with E-state index in [1.165, 1.54) is 0 Å². The number of carbonyl (C=O) groups excluding carboxylic acids is 1. The van der Waals surface area contributed by atoms with E-state index in [0.29, 0.717) is 24.4 Å². The number of carbonyl (C=O) groups is 1. The molecule has 0 unspecified atom stereocenters. The van der Waals surface area contributed by atoms with Gasteiger partial charge >= 0.3 is 12.2 Å². The van der Waals surface area contributed by atoms with E-state index in [2.05, 4.69) is 20.6 Å². The van der Waals surface area contributed by atoms with E-state index in [0.717, 1.165) is 11.8 Å². The normalized spacial score (nSPS) is 11.3. The molecule has 0 fully saturated rings. The Morgan fingerprint density at radius 1 is 1.18 bits per heavy atom. The van der Waals surface area contributed by atoms with Crippen LogP contribution in [0.2, 0.25) is 0 Å². The van der Waals surface area contributed by atoms with Crippen LogP contribution in [-0.4, -0.2) is 27.1 Å².